The van der Waals surface area contributed by atoms with Gasteiger partial charge in [0.05, 0.1) is 13.2 Å². The highest BCUT2D eigenvalue weighted by Crippen LogP contribution is 2.26. The fourth-order valence-corrected chi connectivity index (χ4v) is 3.25. The van der Waals surface area contributed by atoms with Gasteiger partial charge >= 0.3 is 0 Å². The van der Waals surface area contributed by atoms with Crippen molar-refractivity contribution in [1.29, 1.82) is 0 Å². The highest BCUT2D eigenvalue weighted by atomic mass is 19.1. The van der Waals surface area contributed by atoms with Crippen LogP contribution < -0.4 is 15.0 Å². The summed E-state index contributed by atoms with van der Waals surface area (Å²) in [5.41, 5.74) is 2.44. The Labute approximate surface area is 148 Å². The number of methoxy groups -OCH3 is 1. The molecule has 1 fully saturated rings. The van der Waals surface area contributed by atoms with Gasteiger partial charge in [-0.3, -0.25) is 0 Å². The summed E-state index contributed by atoms with van der Waals surface area (Å²) in [5.74, 6) is 0.557. The van der Waals surface area contributed by atoms with Gasteiger partial charge in [-0.15, -0.1) is 0 Å². The van der Waals surface area contributed by atoms with Crippen LogP contribution in [0.2, 0.25) is 0 Å². The average molecular weight is 344 g/mol. The molecule has 4 nitrogen and oxygen atoms in total. The average Bonchev–Trinajstić information content (AvgIpc) is 3.17. The van der Waals surface area contributed by atoms with Crippen LogP contribution in [-0.2, 0) is 6.54 Å². The van der Waals surface area contributed by atoms with E-state index < -0.39 is 6.10 Å². The van der Waals surface area contributed by atoms with Crippen molar-refractivity contribution in [1.82, 2.24) is 5.32 Å². The van der Waals surface area contributed by atoms with Crippen LogP contribution in [-0.4, -0.2) is 31.9 Å². The third-order valence-corrected chi connectivity index (χ3v) is 4.68. The highest BCUT2D eigenvalue weighted by Gasteiger charge is 2.18. The molecule has 0 aromatic heterocycles. The first-order valence-electron chi connectivity index (χ1n) is 8.74. The van der Waals surface area contributed by atoms with Crippen LogP contribution in [0.1, 0.15) is 30.1 Å². The predicted octanol–water partition coefficient (Wildman–Crippen LogP) is 3.26. The SMILES string of the molecule is COc1ccc(C(O)CNCc2c(F)cccc2N2CCCC2)cc1. The molecule has 0 bridgehead atoms. The van der Waals surface area contributed by atoms with Crippen LogP contribution in [0.25, 0.3) is 0 Å². The van der Waals surface area contributed by atoms with Gasteiger partial charge in [-0.2, -0.15) is 0 Å². The lowest BCUT2D eigenvalue weighted by atomic mass is 10.1. The number of hydrogen-bond acceptors (Lipinski definition) is 4. The van der Waals surface area contributed by atoms with Crippen molar-refractivity contribution in [3.63, 3.8) is 0 Å². The molecule has 2 aromatic rings. The summed E-state index contributed by atoms with van der Waals surface area (Å²) in [6, 6.07) is 12.6. The van der Waals surface area contributed by atoms with Gasteiger partial charge < -0.3 is 20.1 Å². The lowest BCUT2D eigenvalue weighted by Gasteiger charge is -2.22. The molecule has 2 N–H and O–H groups in total. The largest absolute Gasteiger partial charge is 0.497 e. The van der Waals surface area contributed by atoms with Gasteiger partial charge in [0, 0.05) is 37.4 Å². The Hall–Kier alpha value is -2.11. The Balaban J connectivity index is 1.61. The number of halogens is 1. The second kappa shape index (κ2) is 8.32. The molecule has 1 heterocycles. The Bertz CT molecular complexity index is 685. The number of hydrogen-bond donors (Lipinski definition) is 2. The second-order valence-electron chi connectivity index (χ2n) is 6.35. The molecule has 0 saturated carbocycles. The molecule has 3 rings (SSSR count). The predicted molar refractivity (Wildman–Crippen MR) is 97.5 cm³/mol. The summed E-state index contributed by atoms with van der Waals surface area (Å²) in [5, 5.41) is 13.5. The zero-order valence-electron chi connectivity index (χ0n) is 14.5. The maximum atomic E-state index is 14.3. The first-order chi connectivity index (χ1) is 12.2. The molecule has 1 atom stereocenters. The minimum atomic E-state index is -0.645. The normalized spacial score (nSPS) is 15.4. The van der Waals surface area contributed by atoms with E-state index >= 15 is 0 Å². The lowest BCUT2D eigenvalue weighted by Crippen LogP contribution is -2.25. The molecule has 0 aliphatic carbocycles. The lowest BCUT2D eigenvalue weighted by molar-refractivity contribution is 0.174. The summed E-state index contributed by atoms with van der Waals surface area (Å²) >= 11 is 0. The maximum absolute atomic E-state index is 14.3. The highest BCUT2D eigenvalue weighted by molar-refractivity contribution is 5.54. The smallest absolute Gasteiger partial charge is 0.129 e. The number of anilines is 1. The molecule has 2 aromatic carbocycles. The quantitative estimate of drug-likeness (QED) is 0.809. The first-order valence-corrected chi connectivity index (χ1v) is 8.74. The fraction of sp³-hybridized carbons (Fsp3) is 0.400. The number of benzene rings is 2. The molecule has 1 aliphatic heterocycles. The Morgan fingerprint density at radius 1 is 1.16 bits per heavy atom. The number of rotatable bonds is 7. The standard InChI is InChI=1S/C20H25FN2O2/c1-25-16-9-7-15(8-10-16)20(24)14-22-13-17-18(21)5-4-6-19(17)23-11-2-3-12-23/h4-10,20,22,24H,2-3,11-14H2,1H3. The minimum Gasteiger partial charge on any atom is -0.497 e. The minimum absolute atomic E-state index is 0.198. The van der Waals surface area contributed by atoms with Crippen LogP contribution in [0.15, 0.2) is 42.5 Å². The third-order valence-electron chi connectivity index (χ3n) is 4.68. The molecular formula is C20H25FN2O2. The maximum Gasteiger partial charge on any atom is 0.129 e. The van der Waals surface area contributed by atoms with Gasteiger partial charge in [-0.25, -0.2) is 4.39 Å². The topological polar surface area (TPSA) is 44.7 Å². The van der Waals surface area contributed by atoms with E-state index in [4.69, 9.17) is 4.74 Å². The van der Waals surface area contributed by atoms with Crippen molar-refractivity contribution in [3.8, 4) is 5.75 Å². The van der Waals surface area contributed by atoms with Gasteiger partial charge in [0.15, 0.2) is 0 Å². The van der Waals surface area contributed by atoms with Gasteiger partial charge in [-0.1, -0.05) is 18.2 Å². The van der Waals surface area contributed by atoms with E-state index in [1.165, 1.54) is 6.07 Å². The monoisotopic (exact) mass is 344 g/mol. The molecular weight excluding hydrogens is 319 g/mol. The number of nitrogens with one attached hydrogen (secondary N) is 1. The van der Waals surface area contributed by atoms with E-state index in [9.17, 15) is 9.50 Å². The van der Waals surface area contributed by atoms with Crippen molar-refractivity contribution >= 4 is 5.69 Å². The Morgan fingerprint density at radius 3 is 2.56 bits per heavy atom. The summed E-state index contributed by atoms with van der Waals surface area (Å²) in [4.78, 5) is 2.24. The zero-order chi connectivity index (χ0) is 17.6. The molecule has 0 spiro atoms. The fourth-order valence-electron chi connectivity index (χ4n) is 3.25. The van der Waals surface area contributed by atoms with E-state index in [-0.39, 0.29) is 5.82 Å². The van der Waals surface area contributed by atoms with Crippen LogP contribution in [0.4, 0.5) is 10.1 Å². The molecule has 0 radical (unpaired) electrons. The van der Waals surface area contributed by atoms with Gasteiger partial charge in [0.25, 0.3) is 0 Å². The molecule has 1 aliphatic rings. The molecule has 5 heteroatoms. The van der Waals surface area contributed by atoms with Crippen LogP contribution in [0.3, 0.4) is 0 Å². The van der Waals surface area contributed by atoms with Gasteiger partial charge in [0.2, 0.25) is 0 Å². The van der Waals surface area contributed by atoms with E-state index in [2.05, 4.69) is 10.2 Å². The van der Waals surface area contributed by atoms with Crippen LogP contribution in [0, 0.1) is 5.82 Å². The van der Waals surface area contributed by atoms with Crippen molar-refractivity contribution in [2.45, 2.75) is 25.5 Å². The number of aliphatic hydroxyl groups excluding tert-OH is 1. The molecule has 0 amide bonds. The van der Waals surface area contributed by atoms with Crippen LogP contribution in [0.5, 0.6) is 5.75 Å². The Morgan fingerprint density at radius 2 is 1.88 bits per heavy atom. The number of aliphatic hydroxyl groups is 1. The van der Waals surface area contributed by atoms with Crippen LogP contribution >= 0.6 is 0 Å². The first kappa shape index (κ1) is 17.7. The van der Waals surface area contributed by atoms with E-state index in [1.54, 1.807) is 13.2 Å². The molecule has 134 valence electrons. The van der Waals surface area contributed by atoms with Crippen molar-refractivity contribution in [2.24, 2.45) is 0 Å². The number of ether oxygens (including phenoxy) is 1. The van der Waals surface area contributed by atoms with Gasteiger partial charge in [0.1, 0.15) is 11.6 Å². The Kier molecular flexibility index (Phi) is 5.89. The summed E-state index contributed by atoms with van der Waals surface area (Å²) in [6.45, 7) is 2.71. The van der Waals surface area contributed by atoms with Gasteiger partial charge in [-0.05, 0) is 42.7 Å². The summed E-state index contributed by atoms with van der Waals surface area (Å²) in [6.07, 6.45) is 1.66. The van der Waals surface area contributed by atoms with E-state index in [0.29, 0.717) is 18.7 Å². The number of nitrogens with zero attached hydrogens (tertiary/aromatic N) is 1. The van der Waals surface area contributed by atoms with Crippen molar-refractivity contribution < 1.29 is 14.2 Å². The van der Waals surface area contributed by atoms with Crippen molar-refractivity contribution in [3.05, 3.63) is 59.4 Å². The van der Waals surface area contributed by atoms with E-state index in [1.807, 2.05) is 30.3 Å². The molecule has 25 heavy (non-hydrogen) atoms. The van der Waals surface area contributed by atoms with E-state index in [0.717, 1.165) is 42.9 Å². The second-order valence-corrected chi connectivity index (χ2v) is 6.35. The zero-order valence-corrected chi connectivity index (χ0v) is 14.5. The third kappa shape index (κ3) is 4.30. The molecule has 1 saturated heterocycles. The summed E-state index contributed by atoms with van der Waals surface area (Å²) in [7, 11) is 1.61. The van der Waals surface area contributed by atoms with Crippen molar-refractivity contribution in [2.75, 3.05) is 31.6 Å². The molecule has 1 unspecified atom stereocenters. The summed E-state index contributed by atoms with van der Waals surface area (Å²) < 4.78 is 19.4.